The first-order valence-corrected chi connectivity index (χ1v) is 9.57. The third-order valence-electron chi connectivity index (χ3n) is 5.18. The van der Waals surface area contributed by atoms with E-state index < -0.39 is 0 Å². The Morgan fingerprint density at radius 1 is 1.32 bits per heavy atom. The number of hydrogen-bond donors (Lipinski definition) is 1. The normalized spacial score (nSPS) is 16.9. The van der Waals surface area contributed by atoms with E-state index in [1.807, 2.05) is 43.4 Å². The number of fused-ring (bicyclic) bond motifs is 2. The second kappa shape index (κ2) is 7.59. The Hall–Kier alpha value is -2.94. The Bertz CT molecular complexity index is 1050. The van der Waals surface area contributed by atoms with Gasteiger partial charge in [-0.3, -0.25) is 9.36 Å². The number of likely N-dealkylation sites (N-methyl/N-ethyl adjacent to an activating group) is 1. The summed E-state index contributed by atoms with van der Waals surface area (Å²) in [6.45, 7) is 1.92. The van der Waals surface area contributed by atoms with Crippen LogP contribution in [0.25, 0.3) is 5.52 Å². The lowest BCUT2D eigenvalue weighted by Gasteiger charge is -2.15. The van der Waals surface area contributed by atoms with E-state index in [0.717, 1.165) is 24.3 Å². The minimum atomic E-state index is -0.130. The topological polar surface area (TPSA) is 89.5 Å². The van der Waals surface area contributed by atoms with Crippen molar-refractivity contribution in [3.05, 3.63) is 52.5 Å². The maximum absolute atomic E-state index is 12.7. The molecule has 0 saturated heterocycles. The summed E-state index contributed by atoms with van der Waals surface area (Å²) in [6.07, 6.45) is 5.55. The standard InChI is InChI=1S/C19H25N7O2/c1-23(2)11-12-26-19(28)24-10-8-14(6-7-17(24)22-26)21-18(27)15-13-20-25-9-4-3-5-16(15)25/h3-5,9,13-14H,6-8,10-12H2,1-2H3,(H,21,27). The van der Waals surface area contributed by atoms with Crippen LogP contribution in [0, 0.1) is 0 Å². The number of hydrogen-bond acceptors (Lipinski definition) is 5. The van der Waals surface area contributed by atoms with Crippen LogP contribution >= 0.6 is 0 Å². The average Bonchev–Trinajstić information content (AvgIpc) is 3.17. The zero-order valence-electron chi connectivity index (χ0n) is 16.2. The molecule has 1 N–H and O–H groups in total. The molecule has 9 heteroatoms. The number of carbonyl (C=O) groups is 1. The molecule has 0 aliphatic carbocycles. The Morgan fingerprint density at radius 3 is 3.00 bits per heavy atom. The molecule has 1 aliphatic rings. The molecule has 1 amide bonds. The molecule has 0 aromatic carbocycles. The van der Waals surface area contributed by atoms with Crippen molar-refractivity contribution in [2.75, 3.05) is 20.6 Å². The van der Waals surface area contributed by atoms with E-state index in [2.05, 4.69) is 15.5 Å². The number of rotatable bonds is 5. The number of amides is 1. The molecule has 148 valence electrons. The first-order chi connectivity index (χ1) is 13.5. The Morgan fingerprint density at radius 2 is 2.18 bits per heavy atom. The second-order valence-corrected chi connectivity index (χ2v) is 7.46. The van der Waals surface area contributed by atoms with Gasteiger partial charge in [0.15, 0.2) is 0 Å². The van der Waals surface area contributed by atoms with Crippen molar-refractivity contribution < 1.29 is 4.79 Å². The fraction of sp³-hybridized carbons (Fsp3) is 0.474. The van der Waals surface area contributed by atoms with Gasteiger partial charge in [0.2, 0.25) is 0 Å². The highest BCUT2D eigenvalue weighted by molar-refractivity contribution is 6.00. The molecule has 1 aliphatic heterocycles. The molecule has 3 aromatic rings. The highest BCUT2D eigenvalue weighted by Gasteiger charge is 2.23. The molecule has 0 fully saturated rings. The van der Waals surface area contributed by atoms with Crippen molar-refractivity contribution >= 4 is 11.4 Å². The lowest BCUT2D eigenvalue weighted by Crippen LogP contribution is -2.36. The smallest absolute Gasteiger partial charge is 0.345 e. The van der Waals surface area contributed by atoms with Crippen LogP contribution in [-0.4, -0.2) is 61.5 Å². The van der Waals surface area contributed by atoms with Gasteiger partial charge in [-0.25, -0.2) is 14.0 Å². The van der Waals surface area contributed by atoms with E-state index in [1.165, 1.54) is 0 Å². The predicted molar refractivity (Wildman–Crippen MR) is 104 cm³/mol. The molecule has 3 aromatic heterocycles. The van der Waals surface area contributed by atoms with Crippen LogP contribution in [-0.2, 0) is 19.5 Å². The van der Waals surface area contributed by atoms with E-state index in [-0.39, 0.29) is 17.6 Å². The van der Waals surface area contributed by atoms with Crippen molar-refractivity contribution in [1.82, 2.24) is 34.2 Å². The van der Waals surface area contributed by atoms with Crippen LogP contribution in [0.1, 0.15) is 29.0 Å². The van der Waals surface area contributed by atoms with Crippen molar-refractivity contribution in [1.29, 1.82) is 0 Å². The van der Waals surface area contributed by atoms with Gasteiger partial charge in [-0.2, -0.15) is 10.2 Å². The molecule has 28 heavy (non-hydrogen) atoms. The van der Waals surface area contributed by atoms with Gasteiger partial charge in [0.25, 0.3) is 5.91 Å². The predicted octanol–water partition coefficient (Wildman–Crippen LogP) is 0.389. The van der Waals surface area contributed by atoms with Gasteiger partial charge >= 0.3 is 5.69 Å². The first kappa shape index (κ1) is 18.4. The van der Waals surface area contributed by atoms with Gasteiger partial charge < -0.3 is 10.2 Å². The van der Waals surface area contributed by atoms with Crippen molar-refractivity contribution in [3.8, 4) is 0 Å². The lowest BCUT2D eigenvalue weighted by atomic mass is 10.1. The van der Waals surface area contributed by atoms with Gasteiger partial charge in [0.1, 0.15) is 5.82 Å². The van der Waals surface area contributed by atoms with Crippen LogP contribution in [0.3, 0.4) is 0 Å². The summed E-state index contributed by atoms with van der Waals surface area (Å²) in [5.41, 5.74) is 1.28. The van der Waals surface area contributed by atoms with Gasteiger partial charge in [0.05, 0.1) is 23.8 Å². The Balaban J connectivity index is 1.43. The summed E-state index contributed by atoms with van der Waals surface area (Å²) in [7, 11) is 3.95. The lowest BCUT2D eigenvalue weighted by molar-refractivity contribution is 0.0934. The number of nitrogens with zero attached hydrogens (tertiary/aromatic N) is 6. The second-order valence-electron chi connectivity index (χ2n) is 7.46. The fourth-order valence-electron chi connectivity index (χ4n) is 3.59. The van der Waals surface area contributed by atoms with Crippen LogP contribution in [0.4, 0.5) is 0 Å². The van der Waals surface area contributed by atoms with Gasteiger partial charge in [-0.1, -0.05) is 6.07 Å². The van der Waals surface area contributed by atoms with Crippen LogP contribution in [0.5, 0.6) is 0 Å². The summed E-state index contributed by atoms with van der Waals surface area (Å²) >= 11 is 0. The summed E-state index contributed by atoms with van der Waals surface area (Å²) in [5.74, 6) is 0.672. The molecular formula is C19H25N7O2. The minimum Gasteiger partial charge on any atom is -0.349 e. The van der Waals surface area contributed by atoms with E-state index in [1.54, 1.807) is 20.0 Å². The third kappa shape index (κ3) is 3.57. The number of pyridine rings is 1. The van der Waals surface area contributed by atoms with E-state index in [4.69, 9.17) is 0 Å². The maximum atomic E-state index is 12.7. The van der Waals surface area contributed by atoms with Crippen molar-refractivity contribution in [2.24, 2.45) is 0 Å². The summed E-state index contributed by atoms with van der Waals surface area (Å²) in [4.78, 5) is 27.3. The zero-order chi connectivity index (χ0) is 19.7. The molecule has 1 atom stereocenters. The summed E-state index contributed by atoms with van der Waals surface area (Å²) in [5, 5.41) is 11.8. The highest BCUT2D eigenvalue weighted by Crippen LogP contribution is 2.15. The number of nitrogens with one attached hydrogen (secondary N) is 1. The molecule has 1 unspecified atom stereocenters. The Labute approximate surface area is 162 Å². The summed E-state index contributed by atoms with van der Waals surface area (Å²) < 4.78 is 4.98. The van der Waals surface area contributed by atoms with Crippen LogP contribution < -0.4 is 11.0 Å². The number of aryl methyl sites for hydroxylation is 1. The highest BCUT2D eigenvalue weighted by atomic mass is 16.2. The molecule has 0 spiro atoms. The number of aromatic nitrogens is 5. The van der Waals surface area contributed by atoms with Gasteiger partial charge in [-0.15, -0.1) is 0 Å². The fourth-order valence-corrected chi connectivity index (χ4v) is 3.59. The Kier molecular flexibility index (Phi) is 4.99. The molecule has 4 rings (SSSR count). The monoisotopic (exact) mass is 383 g/mol. The minimum absolute atomic E-state index is 0.00230. The van der Waals surface area contributed by atoms with Crippen molar-refractivity contribution in [2.45, 2.75) is 38.4 Å². The molecule has 0 saturated carbocycles. The quantitative estimate of drug-likeness (QED) is 0.688. The third-order valence-corrected chi connectivity index (χ3v) is 5.18. The van der Waals surface area contributed by atoms with Crippen molar-refractivity contribution in [3.63, 3.8) is 0 Å². The molecule has 0 radical (unpaired) electrons. The van der Waals surface area contributed by atoms with Crippen LogP contribution in [0.2, 0.25) is 0 Å². The van der Waals surface area contributed by atoms with Crippen LogP contribution in [0.15, 0.2) is 35.4 Å². The van der Waals surface area contributed by atoms with E-state index in [0.29, 0.717) is 31.5 Å². The van der Waals surface area contributed by atoms with Gasteiger partial charge in [0, 0.05) is 31.7 Å². The molecule has 0 bridgehead atoms. The zero-order valence-corrected chi connectivity index (χ0v) is 16.2. The van der Waals surface area contributed by atoms with E-state index >= 15 is 0 Å². The molecular weight excluding hydrogens is 358 g/mol. The number of carbonyl (C=O) groups excluding carboxylic acids is 1. The first-order valence-electron chi connectivity index (χ1n) is 9.57. The summed E-state index contributed by atoms with van der Waals surface area (Å²) in [6, 6.07) is 5.64. The van der Waals surface area contributed by atoms with Gasteiger partial charge in [-0.05, 0) is 39.1 Å². The molecule has 4 heterocycles. The largest absolute Gasteiger partial charge is 0.349 e. The SMILES string of the molecule is CN(C)CCn1nc2n(c1=O)CCC(NC(=O)c1cnn3ccccc13)CC2. The average molecular weight is 383 g/mol. The maximum Gasteiger partial charge on any atom is 0.345 e. The van der Waals surface area contributed by atoms with E-state index in [9.17, 15) is 9.59 Å². The molecule has 9 nitrogen and oxygen atoms in total.